The lowest BCUT2D eigenvalue weighted by molar-refractivity contribution is -0.384. The Bertz CT molecular complexity index is 1300. The molecule has 0 amide bonds. The van der Waals surface area contributed by atoms with Crippen LogP contribution in [0.25, 0.3) is 34.4 Å². The van der Waals surface area contributed by atoms with Crippen LogP contribution in [0.3, 0.4) is 0 Å². The number of para-hydroxylation sites is 1. The number of carboxylic acid groups (broad SMARTS) is 1. The number of aryl methyl sites for hydroxylation is 1. The number of furan rings is 1. The molecule has 0 aliphatic heterocycles. The number of nitrogens with zero attached hydrogens (tertiary/aromatic N) is 2. The van der Waals surface area contributed by atoms with E-state index in [0.717, 1.165) is 5.56 Å². The quantitative estimate of drug-likeness (QED) is 0.346. The van der Waals surface area contributed by atoms with Crippen molar-refractivity contribution in [2.75, 3.05) is 0 Å². The molecule has 7 heteroatoms. The molecule has 2 aromatic heterocycles. The number of hydrogen-bond acceptors (Lipinski definition) is 5. The summed E-state index contributed by atoms with van der Waals surface area (Å²) in [5, 5.41) is 20.9. The number of fused-ring (bicyclic) bond motifs is 1. The molecule has 4 rings (SSSR count). The highest BCUT2D eigenvalue weighted by atomic mass is 16.6. The van der Waals surface area contributed by atoms with Crippen molar-refractivity contribution >= 4 is 34.7 Å². The van der Waals surface area contributed by atoms with Crippen LogP contribution in [0.5, 0.6) is 0 Å². The third-order valence-corrected chi connectivity index (χ3v) is 4.70. The summed E-state index contributed by atoms with van der Waals surface area (Å²) in [4.78, 5) is 26.6. The highest BCUT2D eigenvalue weighted by molar-refractivity contribution is 6.03. The fraction of sp³-hybridized carbons (Fsp3) is 0.0435. The first-order valence-electron chi connectivity index (χ1n) is 9.09. The summed E-state index contributed by atoms with van der Waals surface area (Å²) in [6.45, 7) is 1.89. The van der Waals surface area contributed by atoms with Gasteiger partial charge in [-0.05, 0) is 55.0 Å². The van der Waals surface area contributed by atoms with Crippen LogP contribution in [0.2, 0.25) is 0 Å². The zero-order chi connectivity index (χ0) is 21.3. The summed E-state index contributed by atoms with van der Waals surface area (Å²) >= 11 is 0. The number of rotatable bonds is 5. The van der Waals surface area contributed by atoms with Gasteiger partial charge in [-0.25, -0.2) is 9.78 Å². The molecular formula is C23H16N2O5. The van der Waals surface area contributed by atoms with Crippen molar-refractivity contribution < 1.29 is 19.2 Å². The predicted molar refractivity (Wildman–Crippen MR) is 113 cm³/mol. The van der Waals surface area contributed by atoms with Crippen molar-refractivity contribution in [2.45, 2.75) is 6.92 Å². The third kappa shape index (κ3) is 3.68. The van der Waals surface area contributed by atoms with Crippen LogP contribution in [0, 0.1) is 17.0 Å². The lowest BCUT2D eigenvalue weighted by atomic mass is 10.0. The van der Waals surface area contributed by atoms with Crippen molar-refractivity contribution in [3.05, 3.63) is 93.4 Å². The first-order valence-corrected chi connectivity index (χ1v) is 9.09. The highest BCUT2D eigenvalue weighted by Crippen LogP contribution is 2.26. The number of carbonyl (C=O) groups is 1. The van der Waals surface area contributed by atoms with Crippen LogP contribution in [-0.4, -0.2) is 21.0 Å². The van der Waals surface area contributed by atoms with E-state index in [1.165, 1.54) is 18.2 Å². The Morgan fingerprint density at radius 3 is 2.57 bits per heavy atom. The van der Waals surface area contributed by atoms with Crippen molar-refractivity contribution in [1.29, 1.82) is 0 Å². The maximum absolute atomic E-state index is 11.7. The lowest BCUT2D eigenvalue weighted by Gasteiger charge is -2.06. The average molecular weight is 400 g/mol. The van der Waals surface area contributed by atoms with Crippen molar-refractivity contribution in [1.82, 2.24) is 4.98 Å². The van der Waals surface area contributed by atoms with Crippen LogP contribution >= 0.6 is 0 Å². The van der Waals surface area contributed by atoms with Gasteiger partial charge in [-0.3, -0.25) is 10.1 Å². The monoisotopic (exact) mass is 400 g/mol. The van der Waals surface area contributed by atoms with E-state index in [-0.39, 0.29) is 11.3 Å². The minimum Gasteiger partial charge on any atom is -0.478 e. The zero-order valence-electron chi connectivity index (χ0n) is 15.9. The standard InChI is InChI=1S/C23H16N2O5/c1-14-3-2-4-19-20(23(26)27)13-16(24-22(14)19)7-10-18-11-12-21(30-18)15-5-8-17(9-6-15)25(28)29/h2-13H,1H3,(H,26,27)/b10-7+. The summed E-state index contributed by atoms with van der Waals surface area (Å²) in [6, 6.07) is 16.6. The maximum atomic E-state index is 11.7. The summed E-state index contributed by atoms with van der Waals surface area (Å²) in [5.74, 6) is 0.103. The van der Waals surface area contributed by atoms with E-state index < -0.39 is 10.9 Å². The van der Waals surface area contributed by atoms with E-state index in [1.54, 1.807) is 42.5 Å². The average Bonchev–Trinajstić information content (AvgIpc) is 3.21. The highest BCUT2D eigenvalue weighted by Gasteiger charge is 2.12. The molecule has 2 heterocycles. The second kappa shape index (κ2) is 7.63. The molecule has 0 unspecified atom stereocenters. The summed E-state index contributed by atoms with van der Waals surface area (Å²) in [5.41, 5.74) is 2.95. The van der Waals surface area contributed by atoms with E-state index in [4.69, 9.17) is 4.42 Å². The first kappa shape index (κ1) is 19.1. The van der Waals surface area contributed by atoms with Gasteiger partial charge in [0.2, 0.25) is 0 Å². The Morgan fingerprint density at radius 1 is 1.10 bits per heavy atom. The number of nitro groups is 1. The molecule has 0 atom stereocenters. The second-order valence-electron chi connectivity index (χ2n) is 6.71. The van der Waals surface area contributed by atoms with Crippen molar-refractivity contribution in [2.24, 2.45) is 0 Å². The maximum Gasteiger partial charge on any atom is 0.336 e. The molecule has 4 aromatic rings. The first-order chi connectivity index (χ1) is 14.4. The molecular weight excluding hydrogens is 384 g/mol. The van der Waals surface area contributed by atoms with Crippen molar-refractivity contribution in [3.63, 3.8) is 0 Å². The van der Waals surface area contributed by atoms with Gasteiger partial charge in [0.25, 0.3) is 5.69 Å². The molecule has 0 spiro atoms. The summed E-state index contributed by atoms with van der Waals surface area (Å²) in [7, 11) is 0. The molecule has 0 radical (unpaired) electrons. The van der Waals surface area contributed by atoms with Gasteiger partial charge < -0.3 is 9.52 Å². The molecule has 0 fully saturated rings. The molecule has 0 saturated carbocycles. The smallest absolute Gasteiger partial charge is 0.336 e. The van der Waals surface area contributed by atoms with Gasteiger partial charge in [0.1, 0.15) is 11.5 Å². The molecule has 148 valence electrons. The van der Waals surface area contributed by atoms with Crippen LogP contribution in [0.15, 0.2) is 65.1 Å². The number of aromatic carboxylic acids is 1. The van der Waals surface area contributed by atoms with Gasteiger partial charge in [0.15, 0.2) is 0 Å². The molecule has 7 nitrogen and oxygen atoms in total. The Balaban J connectivity index is 1.64. The number of non-ortho nitro benzene ring substituents is 1. The molecule has 0 bridgehead atoms. The van der Waals surface area contributed by atoms with Gasteiger partial charge in [0, 0.05) is 23.1 Å². The fourth-order valence-corrected chi connectivity index (χ4v) is 3.19. The number of carboxylic acids is 1. The van der Waals surface area contributed by atoms with E-state index in [0.29, 0.717) is 33.7 Å². The van der Waals surface area contributed by atoms with Crippen LogP contribution in [0.4, 0.5) is 5.69 Å². The van der Waals surface area contributed by atoms with Gasteiger partial charge in [-0.1, -0.05) is 18.2 Å². The Labute approximate surface area is 171 Å². The minimum atomic E-state index is -1.01. The topological polar surface area (TPSA) is 106 Å². The number of hydrogen-bond donors (Lipinski definition) is 1. The lowest BCUT2D eigenvalue weighted by Crippen LogP contribution is -2.01. The van der Waals surface area contributed by atoms with Crippen LogP contribution in [-0.2, 0) is 0 Å². The van der Waals surface area contributed by atoms with Gasteiger partial charge in [-0.2, -0.15) is 0 Å². The summed E-state index contributed by atoms with van der Waals surface area (Å²) in [6.07, 6.45) is 3.39. The largest absolute Gasteiger partial charge is 0.478 e. The van der Waals surface area contributed by atoms with Crippen LogP contribution < -0.4 is 0 Å². The third-order valence-electron chi connectivity index (χ3n) is 4.70. The predicted octanol–water partition coefficient (Wildman–Crippen LogP) is 5.58. The normalized spacial score (nSPS) is 11.2. The molecule has 0 aliphatic carbocycles. The van der Waals surface area contributed by atoms with Crippen LogP contribution in [0.1, 0.15) is 27.4 Å². The number of aromatic nitrogens is 1. The Kier molecular flexibility index (Phi) is 4.85. The molecule has 1 N–H and O–H groups in total. The fourth-order valence-electron chi connectivity index (χ4n) is 3.19. The molecule has 0 saturated heterocycles. The van der Waals surface area contributed by atoms with Crippen molar-refractivity contribution in [3.8, 4) is 11.3 Å². The molecule has 0 aliphatic rings. The SMILES string of the molecule is Cc1cccc2c(C(=O)O)cc(/C=C/c3ccc(-c4ccc([N+](=O)[O-])cc4)o3)nc12. The molecule has 2 aromatic carbocycles. The van der Waals surface area contributed by atoms with Gasteiger partial charge in [0.05, 0.1) is 21.7 Å². The van der Waals surface area contributed by atoms with E-state index in [9.17, 15) is 20.0 Å². The number of nitro benzene ring substituents is 1. The Morgan fingerprint density at radius 2 is 1.87 bits per heavy atom. The minimum absolute atomic E-state index is 0.0114. The molecule has 30 heavy (non-hydrogen) atoms. The number of benzene rings is 2. The Hall–Kier alpha value is -4.26. The van der Waals surface area contributed by atoms with E-state index in [2.05, 4.69) is 4.98 Å². The second-order valence-corrected chi connectivity index (χ2v) is 6.71. The van der Waals surface area contributed by atoms with Gasteiger partial charge in [-0.15, -0.1) is 0 Å². The zero-order valence-corrected chi connectivity index (χ0v) is 15.9. The van der Waals surface area contributed by atoms with E-state index in [1.807, 2.05) is 19.1 Å². The van der Waals surface area contributed by atoms with E-state index >= 15 is 0 Å². The summed E-state index contributed by atoms with van der Waals surface area (Å²) < 4.78 is 5.78. The number of pyridine rings is 1. The van der Waals surface area contributed by atoms with Gasteiger partial charge >= 0.3 is 5.97 Å².